The summed E-state index contributed by atoms with van der Waals surface area (Å²) < 4.78 is 3.29. The lowest BCUT2D eigenvalue weighted by atomic mass is 10.0. The van der Waals surface area contributed by atoms with E-state index in [1.165, 1.54) is 25.0 Å². The molecule has 102 valence electrons. The van der Waals surface area contributed by atoms with Crippen LogP contribution in [0.2, 0.25) is 0 Å². The van der Waals surface area contributed by atoms with Gasteiger partial charge in [0.15, 0.2) is 0 Å². The van der Waals surface area contributed by atoms with Crippen LogP contribution in [0.15, 0.2) is 10.7 Å². The van der Waals surface area contributed by atoms with Crippen LogP contribution in [0.1, 0.15) is 25.0 Å². The first-order valence-electron chi connectivity index (χ1n) is 6.75. The molecule has 1 aliphatic heterocycles. The first-order valence-corrected chi connectivity index (χ1v) is 7.54. The van der Waals surface area contributed by atoms with Crippen molar-refractivity contribution >= 4 is 15.9 Å². The molecule has 0 aliphatic carbocycles. The molecule has 5 heteroatoms. The van der Waals surface area contributed by atoms with Crippen molar-refractivity contribution in [3.05, 3.63) is 16.4 Å². The maximum absolute atomic E-state index is 4.47. The van der Waals surface area contributed by atoms with Crippen molar-refractivity contribution in [2.75, 3.05) is 27.2 Å². The maximum Gasteiger partial charge on any atom is 0.0635 e. The van der Waals surface area contributed by atoms with Crippen molar-refractivity contribution in [1.82, 2.24) is 20.0 Å². The monoisotopic (exact) mass is 314 g/mol. The fraction of sp³-hybridized carbons (Fsp3) is 0.769. The molecule has 1 saturated heterocycles. The molecule has 0 saturated carbocycles. The van der Waals surface area contributed by atoms with Crippen molar-refractivity contribution < 1.29 is 0 Å². The molecule has 2 heterocycles. The summed E-state index contributed by atoms with van der Waals surface area (Å²) in [5.74, 6) is 0. The van der Waals surface area contributed by atoms with E-state index in [0.717, 1.165) is 30.5 Å². The van der Waals surface area contributed by atoms with Crippen LogP contribution in [0.3, 0.4) is 0 Å². The Morgan fingerprint density at radius 2 is 2.33 bits per heavy atom. The topological polar surface area (TPSA) is 33.1 Å². The Bertz CT molecular complexity index is 369. The number of likely N-dealkylation sites (N-methyl/N-ethyl adjacent to an activating group) is 1. The summed E-state index contributed by atoms with van der Waals surface area (Å²) in [7, 11) is 4.20. The Morgan fingerprint density at radius 1 is 1.50 bits per heavy atom. The Morgan fingerprint density at radius 3 is 3.00 bits per heavy atom. The fourth-order valence-corrected chi connectivity index (χ4v) is 2.87. The summed E-state index contributed by atoms with van der Waals surface area (Å²) >= 11 is 3.63. The zero-order valence-corrected chi connectivity index (χ0v) is 12.9. The van der Waals surface area contributed by atoms with Crippen molar-refractivity contribution in [1.29, 1.82) is 0 Å². The Labute approximate surface area is 118 Å². The maximum atomic E-state index is 4.47. The smallest absolute Gasteiger partial charge is 0.0635 e. The minimum Gasteiger partial charge on any atom is -0.314 e. The Kier molecular flexibility index (Phi) is 5.21. The number of halogens is 1. The molecule has 0 aromatic carbocycles. The number of rotatable bonds is 5. The van der Waals surface area contributed by atoms with Crippen LogP contribution in [0.5, 0.6) is 0 Å². The molecule has 1 aliphatic rings. The minimum absolute atomic E-state index is 0.616. The summed E-state index contributed by atoms with van der Waals surface area (Å²) in [4.78, 5) is 2.19. The van der Waals surface area contributed by atoms with E-state index in [2.05, 4.69) is 50.0 Å². The lowest BCUT2D eigenvalue weighted by molar-refractivity contribution is 0.358. The second-order valence-corrected chi connectivity index (χ2v) is 6.17. The van der Waals surface area contributed by atoms with Gasteiger partial charge in [-0.1, -0.05) is 6.42 Å². The average molecular weight is 315 g/mol. The predicted octanol–water partition coefficient (Wildman–Crippen LogP) is 1.89. The normalized spacial score (nSPS) is 20.6. The zero-order valence-electron chi connectivity index (χ0n) is 11.3. The molecule has 0 spiro atoms. The highest BCUT2D eigenvalue weighted by molar-refractivity contribution is 9.10. The molecule has 1 aromatic heterocycles. The number of nitrogens with one attached hydrogen (secondary N) is 1. The second kappa shape index (κ2) is 6.68. The van der Waals surface area contributed by atoms with Crippen molar-refractivity contribution in [2.45, 2.75) is 38.3 Å². The van der Waals surface area contributed by atoms with E-state index in [9.17, 15) is 0 Å². The van der Waals surface area contributed by atoms with Crippen LogP contribution < -0.4 is 5.32 Å². The third-order valence-corrected chi connectivity index (χ3v) is 4.17. The molecule has 1 unspecified atom stereocenters. The third kappa shape index (κ3) is 3.80. The van der Waals surface area contributed by atoms with Crippen LogP contribution in [0, 0.1) is 0 Å². The molecule has 0 radical (unpaired) electrons. The molecular formula is C13H23BrN4. The summed E-state index contributed by atoms with van der Waals surface area (Å²) in [6.45, 7) is 3.15. The fourth-order valence-electron chi connectivity index (χ4n) is 2.41. The number of piperidine rings is 1. The van der Waals surface area contributed by atoms with Gasteiger partial charge in [-0.25, -0.2) is 0 Å². The van der Waals surface area contributed by atoms with Gasteiger partial charge in [-0.15, -0.1) is 0 Å². The second-order valence-electron chi connectivity index (χ2n) is 5.32. The molecule has 1 N–H and O–H groups in total. The summed E-state index contributed by atoms with van der Waals surface area (Å²) in [6, 6.07) is 0.616. The van der Waals surface area contributed by atoms with Gasteiger partial charge in [0.05, 0.1) is 22.9 Å². The molecule has 1 aromatic rings. The quantitative estimate of drug-likeness (QED) is 0.901. The molecular weight excluding hydrogens is 292 g/mol. The molecule has 18 heavy (non-hydrogen) atoms. The van der Waals surface area contributed by atoms with Gasteiger partial charge in [0, 0.05) is 19.0 Å². The molecule has 1 fully saturated rings. The van der Waals surface area contributed by atoms with Gasteiger partial charge < -0.3 is 10.2 Å². The molecule has 4 nitrogen and oxygen atoms in total. The van der Waals surface area contributed by atoms with E-state index in [1.54, 1.807) is 0 Å². The van der Waals surface area contributed by atoms with Crippen molar-refractivity contribution in [2.24, 2.45) is 0 Å². The number of hydrogen-bond acceptors (Lipinski definition) is 3. The highest BCUT2D eigenvalue weighted by Gasteiger charge is 2.17. The standard InChI is InChI=1S/C13H23BrN4/c1-17(2)7-8-18-13(12(14)10-16-18)9-11-5-3-4-6-15-11/h10-11,15H,3-9H2,1-2H3. The highest BCUT2D eigenvalue weighted by atomic mass is 79.9. The number of nitrogens with zero attached hydrogens (tertiary/aromatic N) is 3. The summed E-state index contributed by atoms with van der Waals surface area (Å²) in [5.41, 5.74) is 1.33. The predicted molar refractivity (Wildman–Crippen MR) is 77.8 cm³/mol. The molecule has 1 atom stereocenters. The molecule has 2 rings (SSSR count). The van der Waals surface area contributed by atoms with E-state index in [4.69, 9.17) is 0 Å². The summed E-state index contributed by atoms with van der Waals surface area (Å²) in [6.07, 6.45) is 6.95. The van der Waals surface area contributed by atoms with Gasteiger partial charge in [-0.05, 0) is 49.4 Å². The van der Waals surface area contributed by atoms with Gasteiger partial charge in [0.2, 0.25) is 0 Å². The lowest BCUT2D eigenvalue weighted by Crippen LogP contribution is -2.36. The lowest BCUT2D eigenvalue weighted by Gasteiger charge is -2.24. The van der Waals surface area contributed by atoms with Crippen molar-refractivity contribution in [3.63, 3.8) is 0 Å². The van der Waals surface area contributed by atoms with Gasteiger partial charge in [0.1, 0.15) is 0 Å². The van der Waals surface area contributed by atoms with Gasteiger partial charge in [-0.3, -0.25) is 4.68 Å². The zero-order chi connectivity index (χ0) is 13.0. The van der Waals surface area contributed by atoms with E-state index in [1.807, 2.05) is 6.20 Å². The average Bonchev–Trinajstić information content (AvgIpc) is 2.70. The van der Waals surface area contributed by atoms with Crippen LogP contribution in [0.4, 0.5) is 0 Å². The summed E-state index contributed by atoms with van der Waals surface area (Å²) in [5, 5.41) is 8.07. The van der Waals surface area contributed by atoms with Crippen LogP contribution in [-0.4, -0.2) is 47.9 Å². The van der Waals surface area contributed by atoms with Gasteiger partial charge >= 0.3 is 0 Å². The minimum atomic E-state index is 0.616. The Hall–Kier alpha value is -0.390. The van der Waals surface area contributed by atoms with Gasteiger partial charge in [0.25, 0.3) is 0 Å². The molecule has 0 amide bonds. The van der Waals surface area contributed by atoms with Crippen LogP contribution >= 0.6 is 15.9 Å². The van der Waals surface area contributed by atoms with E-state index >= 15 is 0 Å². The van der Waals surface area contributed by atoms with Crippen molar-refractivity contribution in [3.8, 4) is 0 Å². The largest absolute Gasteiger partial charge is 0.314 e. The highest BCUT2D eigenvalue weighted by Crippen LogP contribution is 2.20. The first kappa shape index (κ1) is 14.0. The molecule has 0 bridgehead atoms. The van der Waals surface area contributed by atoms with Gasteiger partial charge in [-0.2, -0.15) is 5.10 Å². The third-order valence-electron chi connectivity index (χ3n) is 3.51. The van der Waals surface area contributed by atoms with E-state index in [0.29, 0.717) is 6.04 Å². The van der Waals surface area contributed by atoms with Crippen LogP contribution in [-0.2, 0) is 13.0 Å². The number of hydrogen-bond donors (Lipinski definition) is 1. The van der Waals surface area contributed by atoms with Crippen LogP contribution in [0.25, 0.3) is 0 Å². The SMILES string of the molecule is CN(C)CCn1ncc(Br)c1CC1CCCCN1. The first-order chi connectivity index (χ1) is 8.66. The van der Waals surface area contributed by atoms with E-state index in [-0.39, 0.29) is 0 Å². The van der Waals surface area contributed by atoms with E-state index < -0.39 is 0 Å². The number of aromatic nitrogens is 2. The Balaban J connectivity index is 1.99.